The molecular formula is C25H19Cl2NO3. The van der Waals surface area contributed by atoms with Crippen molar-refractivity contribution >= 4 is 56.6 Å². The molecule has 1 amide bonds. The van der Waals surface area contributed by atoms with Gasteiger partial charge in [-0.25, -0.2) is 4.79 Å². The third-order valence-electron chi connectivity index (χ3n) is 5.23. The molecule has 0 aliphatic heterocycles. The average molecular weight is 452 g/mol. The fourth-order valence-electron chi connectivity index (χ4n) is 3.73. The fourth-order valence-corrected chi connectivity index (χ4v) is 4.22. The summed E-state index contributed by atoms with van der Waals surface area (Å²) in [5.74, 6) is -0.905. The standard InChI is InChI=1S/C25H19Cl2NO3/c1-31-25(30)22(13-17-10-11-18(26)14-21(17)27)28-24(29)23-19-8-4-2-6-15(19)12-16-7-3-5-9-20(16)23/h2-12,14,22H,13H2,1H3,(H,28,29)/t22-/m1/s1. The molecule has 0 aliphatic carbocycles. The Morgan fingerprint density at radius 2 is 1.52 bits per heavy atom. The number of fused-ring (bicyclic) bond motifs is 2. The van der Waals surface area contributed by atoms with Crippen LogP contribution in [0.2, 0.25) is 10.0 Å². The number of amides is 1. The molecule has 0 heterocycles. The number of nitrogens with one attached hydrogen (secondary N) is 1. The lowest BCUT2D eigenvalue weighted by Gasteiger charge is -2.19. The van der Waals surface area contributed by atoms with Crippen LogP contribution in [0.25, 0.3) is 21.5 Å². The van der Waals surface area contributed by atoms with E-state index >= 15 is 0 Å². The molecule has 0 saturated carbocycles. The Labute approximate surface area is 189 Å². The summed E-state index contributed by atoms with van der Waals surface area (Å²) in [6.45, 7) is 0. The number of esters is 1. The van der Waals surface area contributed by atoms with Crippen molar-refractivity contribution in [2.45, 2.75) is 12.5 Å². The molecule has 0 bridgehead atoms. The third-order valence-corrected chi connectivity index (χ3v) is 5.82. The quantitative estimate of drug-likeness (QED) is 0.307. The van der Waals surface area contributed by atoms with Crippen molar-refractivity contribution in [3.8, 4) is 0 Å². The number of benzene rings is 4. The number of rotatable bonds is 5. The second-order valence-corrected chi connectivity index (χ2v) is 8.03. The zero-order valence-electron chi connectivity index (χ0n) is 16.7. The second kappa shape index (κ2) is 8.96. The Balaban J connectivity index is 1.75. The normalized spacial score (nSPS) is 12.0. The van der Waals surface area contributed by atoms with Gasteiger partial charge in [-0.3, -0.25) is 4.79 Å². The molecule has 0 aliphatic rings. The molecule has 0 saturated heterocycles. The maximum absolute atomic E-state index is 13.5. The molecule has 6 heteroatoms. The van der Waals surface area contributed by atoms with E-state index in [2.05, 4.69) is 5.32 Å². The van der Waals surface area contributed by atoms with E-state index in [0.717, 1.165) is 21.5 Å². The van der Waals surface area contributed by atoms with E-state index in [9.17, 15) is 9.59 Å². The van der Waals surface area contributed by atoms with E-state index in [1.807, 2.05) is 54.6 Å². The van der Waals surface area contributed by atoms with Crippen LogP contribution in [0.15, 0.2) is 72.8 Å². The van der Waals surface area contributed by atoms with E-state index in [-0.39, 0.29) is 12.3 Å². The minimum atomic E-state index is -0.908. The molecule has 1 atom stereocenters. The number of carbonyl (C=O) groups is 2. The van der Waals surface area contributed by atoms with Crippen LogP contribution in [-0.2, 0) is 16.0 Å². The second-order valence-electron chi connectivity index (χ2n) is 7.18. The van der Waals surface area contributed by atoms with Crippen molar-refractivity contribution in [1.29, 1.82) is 0 Å². The highest BCUT2D eigenvalue weighted by molar-refractivity contribution is 6.35. The van der Waals surface area contributed by atoms with Crippen molar-refractivity contribution < 1.29 is 14.3 Å². The molecular weight excluding hydrogens is 433 g/mol. The summed E-state index contributed by atoms with van der Waals surface area (Å²) in [5, 5.41) is 7.29. The largest absolute Gasteiger partial charge is 0.467 e. The zero-order chi connectivity index (χ0) is 22.0. The van der Waals surface area contributed by atoms with Gasteiger partial charge in [-0.2, -0.15) is 0 Å². The molecule has 4 rings (SSSR count). The predicted molar refractivity (Wildman–Crippen MR) is 125 cm³/mol. The molecule has 31 heavy (non-hydrogen) atoms. The van der Waals surface area contributed by atoms with Gasteiger partial charge < -0.3 is 10.1 Å². The summed E-state index contributed by atoms with van der Waals surface area (Å²) >= 11 is 12.3. The smallest absolute Gasteiger partial charge is 0.328 e. The number of methoxy groups -OCH3 is 1. The van der Waals surface area contributed by atoms with Crippen LogP contribution in [-0.4, -0.2) is 25.0 Å². The lowest BCUT2D eigenvalue weighted by atomic mass is 9.95. The summed E-state index contributed by atoms with van der Waals surface area (Å²) in [7, 11) is 1.29. The number of carbonyl (C=O) groups excluding carboxylic acids is 2. The van der Waals surface area contributed by atoms with Gasteiger partial charge in [0.2, 0.25) is 0 Å². The first kappa shape index (κ1) is 21.2. The highest BCUT2D eigenvalue weighted by atomic mass is 35.5. The number of ether oxygens (including phenoxy) is 1. The predicted octanol–water partition coefficient (Wildman–Crippen LogP) is 5.81. The van der Waals surface area contributed by atoms with Gasteiger partial charge in [-0.1, -0.05) is 77.8 Å². The molecule has 4 nitrogen and oxygen atoms in total. The van der Waals surface area contributed by atoms with Crippen molar-refractivity contribution in [2.24, 2.45) is 0 Å². The minimum absolute atomic E-state index is 0.178. The van der Waals surface area contributed by atoms with Gasteiger partial charge >= 0.3 is 5.97 Å². The van der Waals surface area contributed by atoms with Crippen LogP contribution < -0.4 is 5.32 Å². The van der Waals surface area contributed by atoms with Gasteiger partial charge in [0, 0.05) is 16.5 Å². The van der Waals surface area contributed by atoms with Gasteiger partial charge in [0.25, 0.3) is 5.91 Å². The Kier molecular flexibility index (Phi) is 6.12. The molecule has 1 N–H and O–H groups in total. The molecule has 0 spiro atoms. The topological polar surface area (TPSA) is 55.4 Å². The third kappa shape index (κ3) is 4.36. The van der Waals surface area contributed by atoms with Crippen LogP contribution in [0.5, 0.6) is 0 Å². The Hall–Kier alpha value is -3.08. The van der Waals surface area contributed by atoms with E-state index in [1.54, 1.807) is 18.2 Å². The van der Waals surface area contributed by atoms with E-state index in [1.165, 1.54) is 7.11 Å². The maximum atomic E-state index is 13.5. The van der Waals surface area contributed by atoms with Gasteiger partial charge in [0.15, 0.2) is 0 Å². The van der Waals surface area contributed by atoms with E-state index < -0.39 is 12.0 Å². The number of halogens is 2. The van der Waals surface area contributed by atoms with E-state index in [0.29, 0.717) is 21.2 Å². The molecule has 0 fully saturated rings. The molecule has 0 unspecified atom stereocenters. The number of hydrogen-bond acceptors (Lipinski definition) is 3. The summed E-state index contributed by atoms with van der Waals surface area (Å²) < 4.78 is 4.94. The van der Waals surface area contributed by atoms with Gasteiger partial charge in [-0.05, 0) is 45.3 Å². The number of hydrogen-bond donors (Lipinski definition) is 1. The Morgan fingerprint density at radius 1 is 0.903 bits per heavy atom. The van der Waals surface area contributed by atoms with Gasteiger partial charge in [0.05, 0.1) is 12.7 Å². The SMILES string of the molecule is COC(=O)[C@@H](Cc1ccc(Cl)cc1Cl)NC(=O)c1c2ccccc2cc2ccccc12. The average Bonchev–Trinajstić information content (AvgIpc) is 2.77. The first-order valence-corrected chi connectivity index (χ1v) is 10.5. The van der Waals surface area contributed by atoms with Crippen LogP contribution in [0, 0.1) is 0 Å². The fraction of sp³-hybridized carbons (Fsp3) is 0.120. The van der Waals surface area contributed by atoms with Gasteiger partial charge in [-0.15, -0.1) is 0 Å². The Bertz CT molecular complexity index is 1250. The highest BCUT2D eigenvalue weighted by Crippen LogP contribution is 2.29. The summed E-state index contributed by atoms with van der Waals surface area (Å²) in [4.78, 5) is 25.9. The van der Waals surface area contributed by atoms with Crippen molar-refractivity contribution in [1.82, 2.24) is 5.32 Å². The highest BCUT2D eigenvalue weighted by Gasteiger charge is 2.25. The minimum Gasteiger partial charge on any atom is -0.467 e. The molecule has 0 aromatic heterocycles. The molecule has 156 valence electrons. The van der Waals surface area contributed by atoms with Gasteiger partial charge in [0.1, 0.15) is 6.04 Å². The van der Waals surface area contributed by atoms with E-state index in [4.69, 9.17) is 27.9 Å². The summed E-state index contributed by atoms with van der Waals surface area (Å²) in [6.07, 6.45) is 0.178. The van der Waals surface area contributed by atoms with Crippen LogP contribution >= 0.6 is 23.2 Å². The zero-order valence-corrected chi connectivity index (χ0v) is 18.2. The first-order valence-electron chi connectivity index (χ1n) is 9.71. The first-order chi connectivity index (χ1) is 15.0. The van der Waals surface area contributed by atoms with Crippen molar-refractivity contribution in [3.63, 3.8) is 0 Å². The van der Waals surface area contributed by atoms with Crippen LogP contribution in [0.4, 0.5) is 0 Å². The van der Waals surface area contributed by atoms with Crippen LogP contribution in [0.1, 0.15) is 15.9 Å². The Morgan fingerprint density at radius 3 is 2.10 bits per heavy atom. The van der Waals surface area contributed by atoms with Crippen LogP contribution in [0.3, 0.4) is 0 Å². The molecule has 4 aromatic carbocycles. The lowest BCUT2D eigenvalue weighted by molar-refractivity contribution is -0.142. The molecule has 4 aromatic rings. The molecule has 0 radical (unpaired) electrons. The monoisotopic (exact) mass is 451 g/mol. The maximum Gasteiger partial charge on any atom is 0.328 e. The lowest BCUT2D eigenvalue weighted by Crippen LogP contribution is -2.43. The van der Waals surface area contributed by atoms with Crippen molar-refractivity contribution in [2.75, 3.05) is 7.11 Å². The summed E-state index contributed by atoms with van der Waals surface area (Å²) in [5.41, 5.74) is 1.20. The van der Waals surface area contributed by atoms with Crippen molar-refractivity contribution in [3.05, 3.63) is 94.0 Å². The summed E-state index contributed by atoms with van der Waals surface area (Å²) in [6, 6.07) is 21.5.